The number of benzodiazepines with no additional fused rings is 1. The molecule has 0 bridgehead atoms. The van der Waals surface area contributed by atoms with Gasteiger partial charge in [0, 0.05) is 16.1 Å². The Morgan fingerprint density at radius 2 is 1.97 bits per heavy atom. The molecule has 5 nitrogen and oxygen atoms in total. The Bertz CT molecular complexity index is 1280. The fourth-order valence-corrected chi connectivity index (χ4v) is 4.45. The molecule has 0 aliphatic carbocycles. The molecule has 0 N–H and O–H groups in total. The second-order valence-corrected chi connectivity index (χ2v) is 8.56. The van der Waals surface area contributed by atoms with Crippen LogP contribution in [-0.2, 0) is 11.3 Å². The van der Waals surface area contributed by atoms with Gasteiger partial charge in [0.1, 0.15) is 18.0 Å². The summed E-state index contributed by atoms with van der Waals surface area (Å²) >= 11 is 7.89. The van der Waals surface area contributed by atoms with E-state index in [1.165, 1.54) is 0 Å². The van der Waals surface area contributed by atoms with E-state index in [-0.39, 0.29) is 12.5 Å². The van der Waals surface area contributed by atoms with Crippen LogP contribution in [0.3, 0.4) is 0 Å². The molecule has 0 saturated carbocycles. The van der Waals surface area contributed by atoms with Gasteiger partial charge in [-0.1, -0.05) is 48.0 Å². The predicted octanol–water partition coefficient (Wildman–Crippen LogP) is 5.75. The summed E-state index contributed by atoms with van der Waals surface area (Å²) in [5, 5.41) is 2.57. The van der Waals surface area contributed by atoms with Gasteiger partial charge >= 0.3 is 0 Å². The maximum atomic E-state index is 13.1. The van der Waals surface area contributed by atoms with Crippen LogP contribution in [0.2, 0.25) is 5.02 Å². The Labute approximate surface area is 188 Å². The molecule has 7 heteroatoms. The SMILES string of the molecule is Cc1oc(-c2cccs2)nc1CN1C(=O)CN=C(c2ccccc2)c2cc(Cl)ccc21. The number of fused-ring (bicyclic) bond motifs is 1. The minimum atomic E-state index is -0.102. The molecule has 1 aliphatic rings. The van der Waals surface area contributed by atoms with Crippen molar-refractivity contribution >= 4 is 40.2 Å². The molecule has 0 fully saturated rings. The third kappa shape index (κ3) is 3.80. The lowest BCUT2D eigenvalue weighted by Gasteiger charge is -2.22. The first-order chi connectivity index (χ1) is 15.1. The van der Waals surface area contributed by atoms with E-state index in [0.29, 0.717) is 23.2 Å². The van der Waals surface area contributed by atoms with Crippen molar-refractivity contribution in [3.05, 3.63) is 93.6 Å². The molecule has 4 aromatic rings. The van der Waals surface area contributed by atoms with Gasteiger partial charge in [-0.25, -0.2) is 4.98 Å². The van der Waals surface area contributed by atoms with E-state index < -0.39 is 0 Å². The smallest absolute Gasteiger partial charge is 0.249 e. The van der Waals surface area contributed by atoms with E-state index in [2.05, 4.69) is 9.98 Å². The predicted molar refractivity (Wildman–Crippen MR) is 124 cm³/mol. The third-order valence-corrected chi connectivity index (χ3v) is 6.25. The molecule has 154 valence electrons. The number of benzene rings is 2. The maximum Gasteiger partial charge on any atom is 0.249 e. The first kappa shape index (κ1) is 19.7. The Kier molecular flexibility index (Phi) is 5.18. The van der Waals surface area contributed by atoms with Crippen LogP contribution >= 0.6 is 22.9 Å². The molecule has 0 spiro atoms. The first-order valence-corrected chi connectivity index (χ1v) is 11.1. The molecule has 2 aromatic heterocycles. The van der Waals surface area contributed by atoms with Gasteiger partial charge in [-0.3, -0.25) is 9.79 Å². The summed E-state index contributed by atoms with van der Waals surface area (Å²) in [6, 6.07) is 19.3. The fourth-order valence-electron chi connectivity index (χ4n) is 3.63. The summed E-state index contributed by atoms with van der Waals surface area (Å²) in [6.45, 7) is 2.22. The topological polar surface area (TPSA) is 58.7 Å². The fraction of sp³-hybridized carbons (Fsp3) is 0.125. The minimum Gasteiger partial charge on any atom is -0.440 e. The van der Waals surface area contributed by atoms with Crippen LogP contribution in [0.4, 0.5) is 5.69 Å². The number of aromatic nitrogens is 1. The quantitative estimate of drug-likeness (QED) is 0.400. The number of oxazole rings is 1. The number of carbonyl (C=O) groups is 1. The first-order valence-electron chi connectivity index (χ1n) is 9.80. The van der Waals surface area contributed by atoms with Crippen LogP contribution in [-0.4, -0.2) is 23.1 Å². The number of rotatable bonds is 4. The van der Waals surface area contributed by atoms with E-state index in [4.69, 9.17) is 16.0 Å². The standard InChI is InChI=1S/C24H18ClN3O2S/c1-15-19(27-24(30-15)21-8-5-11-31-21)14-28-20-10-9-17(25)12-18(20)23(26-13-22(28)29)16-6-3-2-4-7-16/h2-12H,13-14H2,1H3. The number of nitrogens with zero attached hydrogens (tertiary/aromatic N) is 3. The highest BCUT2D eigenvalue weighted by Crippen LogP contribution is 2.32. The van der Waals surface area contributed by atoms with Crippen LogP contribution in [0.1, 0.15) is 22.6 Å². The van der Waals surface area contributed by atoms with E-state index >= 15 is 0 Å². The number of thiophene rings is 1. The van der Waals surface area contributed by atoms with E-state index in [9.17, 15) is 4.79 Å². The van der Waals surface area contributed by atoms with Crippen molar-refractivity contribution in [3.63, 3.8) is 0 Å². The van der Waals surface area contributed by atoms with Crippen molar-refractivity contribution in [1.82, 2.24) is 4.98 Å². The van der Waals surface area contributed by atoms with Gasteiger partial charge in [0.2, 0.25) is 11.8 Å². The van der Waals surface area contributed by atoms with Crippen molar-refractivity contribution in [2.75, 3.05) is 11.4 Å². The van der Waals surface area contributed by atoms with E-state index in [0.717, 1.165) is 33.1 Å². The van der Waals surface area contributed by atoms with Gasteiger partial charge in [0.05, 0.1) is 22.8 Å². The molecule has 5 rings (SSSR count). The van der Waals surface area contributed by atoms with Crippen molar-refractivity contribution in [2.24, 2.45) is 4.99 Å². The number of aliphatic imine (C=N–C) groups is 1. The summed E-state index contributed by atoms with van der Waals surface area (Å²) in [5.74, 6) is 1.16. The molecule has 0 unspecified atom stereocenters. The number of aryl methyl sites for hydroxylation is 1. The molecular weight excluding hydrogens is 430 g/mol. The maximum absolute atomic E-state index is 13.1. The van der Waals surface area contributed by atoms with Crippen LogP contribution in [0.5, 0.6) is 0 Å². The zero-order valence-corrected chi connectivity index (χ0v) is 18.3. The average Bonchev–Trinajstić information content (AvgIpc) is 3.40. The van der Waals surface area contributed by atoms with Crippen LogP contribution < -0.4 is 4.90 Å². The van der Waals surface area contributed by atoms with Gasteiger partial charge < -0.3 is 9.32 Å². The molecule has 0 atom stereocenters. The zero-order chi connectivity index (χ0) is 21.4. The Morgan fingerprint density at radius 1 is 1.13 bits per heavy atom. The molecule has 3 heterocycles. The van der Waals surface area contributed by atoms with Gasteiger partial charge in [-0.05, 0) is 36.6 Å². The number of carbonyl (C=O) groups excluding carboxylic acids is 1. The second kappa shape index (κ2) is 8.13. The number of hydrogen-bond donors (Lipinski definition) is 0. The summed E-state index contributed by atoms with van der Waals surface area (Å²) < 4.78 is 5.88. The normalized spacial score (nSPS) is 13.7. The highest BCUT2D eigenvalue weighted by atomic mass is 35.5. The number of hydrogen-bond acceptors (Lipinski definition) is 5. The summed E-state index contributed by atoms with van der Waals surface area (Å²) in [6.07, 6.45) is 0. The van der Waals surface area contributed by atoms with Gasteiger partial charge in [-0.2, -0.15) is 0 Å². The number of anilines is 1. The molecule has 2 aromatic carbocycles. The third-order valence-electron chi connectivity index (χ3n) is 5.16. The van der Waals surface area contributed by atoms with Crippen molar-refractivity contribution in [1.29, 1.82) is 0 Å². The van der Waals surface area contributed by atoms with Gasteiger partial charge in [-0.15, -0.1) is 11.3 Å². The highest BCUT2D eigenvalue weighted by Gasteiger charge is 2.27. The molecule has 0 saturated heterocycles. The summed E-state index contributed by atoms with van der Waals surface area (Å²) in [7, 11) is 0. The van der Waals surface area contributed by atoms with Crippen molar-refractivity contribution in [3.8, 4) is 10.8 Å². The Balaban J connectivity index is 1.56. The molecule has 31 heavy (non-hydrogen) atoms. The lowest BCUT2D eigenvalue weighted by molar-refractivity contribution is -0.117. The molecule has 1 aliphatic heterocycles. The van der Waals surface area contributed by atoms with Crippen molar-refractivity contribution < 1.29 is 9.21 Å². The summed E-state index contributed by atoms with van der Waals surface area (Å²) in [5.41, 5.74) is 4.00. The van der Waals surface area contributed by atoms with E-state index in [1.54, 1.807) is 22.3 Å². The van der Waals surface area contributed by atoms with Crippen LogP contribution in [0.25, 0.3) is 10.8 Å². The largest absolute Gasteiger partial charge is 0.440 e. The zero-order valence-electron chi connectivity index (χ0n) is 16.7. The van der Waals surface area contributed by atoms with E-state index in [1.807, 2.05) is 66.9 Å². The molecular formula is C24H18ClN3O2S. The van der Waals surface area contributed by atoms with Gasteiger partial charge in [0.15, 0.2) is 0 Å². The van der Waals surface area contributed by atoms with Crippen LogP contribution in [0.15, 0.2) is 75.5 Å². The Hall–Kier alpha value is -3.22. The van der Waals surface area contributed by atoms with Crippen LogP contribution in [0, 0.1) is 6.92 Å². The average molecular weight is 448 g/mol. The number of halogens is 1. The number of amides is 1. The second-order valence-electron chi connectivity index (χ2n) is 7.17. The Morgan fingerprint density at radius 3 is 2.74 bits per heavy atom. The lowest BCUT2D eigenvalue weighted by atomic mass is 10.00. The monoisotopic (exact) mass is 447 g/mol. The molecule has 1 amide bonds. The lowest BCUT2D eigenvalue weighted by Crippen LogP contribution is -2.32. The molecule has 0 radical (unpaired) electrons. The highest BCUT2D eigenvalue weighted by molar-refractivity contribution is 7.13. The minimum absolute atomic E-state index is 0.0468. The summed E-state index contributed by atoms with van der Waals surface area (Å²) in [4.78, 5) is 25.1. The van der Waals surface area contributed by atoms with Gasteiger partial charge in [0.25, 0.3) is 0 Å². The van der Waals surface area contributed by atoms with Crippen molar-refractivity contribution in [2.45, 2.75) is 13.5 Å².